The summed E-state index contributed by atoms with van der Waals surface area (Å²) < 4.78 is 18.5. The molecule has 0 bridgehead atoms. The van der Waals surface area contributed by atoms with Crippen molar-refractivity contribution in [3.8, 4) is 0 Å². The summed E-state index contributed by atoms with van der Waals surface area (Å²) in [5.74, 6) is -0.472. The predicted octanol–water partition coefficient (Wildman–Crippen LogP) is 1.64. The number of hydrogen-bond donors (Lipinski definition) is 1. The van der Waals surface area contributed by atoms with Gasteiger partial charge in [0.1, 0.15) is 5.82 Å². The van der Waals surface area contributed by atoms with Crippen LogP contribution in [0.1, 0.15) is 12.0 Å². The van der Waals surface area contributed by atoms with Crippen LogP contribution >= 0.6 is 0 Å². The number of ether oxygens (including phenoxy) is 1. The molecule has 5 nitrogen and oxygen atoms in total. The molecule has 0 amide bonds. The SMILES string of the molecule is NC1CCOCC1Cc1cc(F)ccc1[N+](=O)[O-]. The van der Waals surface area contributed by atoms with E-state index in [1.165, 1.54) is 12.1 Å². The lowest BCUT2D eigenvalue weighted by atomic mass is 9.89. The molecule has 1 aromatic carbocycles. The molecule has 0 aromatic heterocycles. The molecule has 2 unspecified atom stereocenters. The van der Waals surface area contributed by atoms with Crippen LogP contribution in [-0.4, -0.2) is 24.2 Å². The van der Waals surface area contributed by atoms with Gasteiger partial charge in [0, 0.05) is 30.2 Å². The second-order valence-corrected chi connectivity index (χ2v) is 4.52. The molecule has 1 aliphatic heterocycles. The van der Waals surface area contributed by atoms with Crippen molar-refractivity contribution >= 4 is 5.69 Å². The zero-order valence-electron chi connectivity index (χ0n) is 9.84. The highest BCUT2D eigenvalue weighted by molar-refractivity contribution is 5.40. The molecular weight excluding hydrogens is 239 g/mol. The highest BCUT2D eigenvalue weighted by atomic mass is 19.1. The number of benzene rings is 1. The predicted molar refractivity (Wildman–Crippen MR) is 63.7 cm³/mol. The average Bonchev–Trinajstić information content (AvgIpc) is 2.32. The zero-order chi connectivity index (χ0) is 13.1. The topological polar surface area (TPSA) is 78.4 Å². The Morgan fingerprint density at radius 1 is 1.56 bits per heavy atom. The number of nitrogens with zero attached hydrogens (tertiary/aromatic N) is 1. The van der Waals surface area contributed by atoms with E-state index in [0.29, 0.717) is 25.2 Å². The molecule has 1 saturated heterocycles. The number of nitro benzene ring substituents is 1. The summed E-state index contributed by atoms with van der Waals surface area (Å²) in [7, 11) is 0. The fourth-order valence-electron chi connectivity index (χ4n) is 2.20. The van der Waals surface area contributed by atoms with Gasteiger partial charge in [0.2, 0.25) is 0 Å². The summed E-state index contributed by atoms with van der Waals surface area (Å²) in [4.78, 5) is 10.4. The van der Waals surface area contributed by atoms with Gasteiger partial charge in [0.15, 0.2) is 0 Å². The maximum Gasteiger partial charge on any atom is 0.272 e. The van der Waals surface area contributed by atoms with Gasteiger partial charge in [-0.15, -0.1) is 0 Å². The van der Waals surface area contributed by atoms with Crippen molar-refractivity contribution in [3.63, 3.8) is 0 Å². The minimum atomic E-state index is -0.496. The van der Waals surface area contributed by atoms with E-state index in [1.807, 2.05) is 0 Å². The van der Waals surface area contributed by atoms with Crippen LogP contribution in [0.3, 0.4) is 0 Å². The van der Waals surface area contributed by atoms with E-state index < -0.39 is 10.7 Å². The number of nitrogens with two attached hydrogens (primary N) is 1. The van der Waals surface area contributed by atoms with Crippen LogP contribution in [0.4, 0.5) is 10.1 Å². The minimum Gasteiger partial charge on any atom is -0.381 e. The van der Waals surface area contributed by atoms with Gasteiger partial charge in [-0.05, 0) is 25.0 Å². The van der Waals surface area contributed by atoms with Crippen LogP contribution in [0.25, 0.3) is 0 Å². The molecule has 6 heteroatoms. The summed E-state index contributed by atoms with van der Waals surface area (Å²) in [5.41, 5.74) is 6.27. The first-order chi connectivity index (χ1) is 8.58. The van der Waals surface area contributed by atoms with E-state index in [0.717, 1.165) is 12.5 Å². The van der Waals surface area contributed by atoms with Crippen molar-refractivity contribution in [1.82, 2.24) is 0 Å². The Labute approximate surface area is 104 Å². The quantitative estimate of drug-likeness (QED) is 0.657. The summed E-state index contributed by atoms with van der Waals surface area (Å²) in [6.45, 7) is 1.08. The fraction of sp³-hybridized carbons (Fsp3) is 0.500. The molecule has 2 N–H and O–H groups in total. The normalized spacial score (nSPS) is 23.9. The van der Waals surface area contributed by atoms with Crippen LogP contribution in [0, 0.1) is 21.8 Å². The van der Waals surface area contributed by atoms with Gasteiger partial charge in [-0.25, -0.2) is 4.39 Å². The third-order valence-corrected chi connectivity index (χ3v) is 3.25. The lowest BCUT2D eigenvalue weighted by molar-refractivity contribution is -0.385. The van der Waals surface area contributed by atoms with Crippen molar-refractivity contribution < 1.29 is 14.1 Å². The van der Waals surface area contributed by atoms with E-state index in [-0.39, 0.29) is 17.6 Å². The van der Waals surface area contributed by atoms with E-state index in [2.05, 4.69) is 0 Å². The van der Waals surface area contributed by atoms with Crippen LogP contribution in [0.2, 0.25) is 0 Å². The molecule has 1 aromatic rings. The van der Waals surface area contributed by atoms with Gasteiger partial charge in [0.05, 0.1) is 11.5 Å². The number of hydrogen-bond acceptors (Lipinski definition) is 4. The van der Waals surface area contributed by atoms with E-state index in [1.54, 1.807) is 0 Å². The standard InChI is InChI=1S/C12H15FN2O3/c13-10-1-2-12(15(16)17)8(6-10)5-9-7-18-4-3-11(9)14/h1-2,6,9,11H,3-5,7,14H2. The number of halogens is 1. The smallest absolute Gasteiger partial charge is 0.272 e. The molecule has 0 spiro atoms. The Kier molecular flexibility index (Phi) is 3.88. The Morgan fingerprint density at radius 3 is 3.00 bits per heavy atom. The molecular formula is C12H15FN2O3. The monoisotopic (exact) mass is 254 g/mol. The van der Waals surface area contributed by atoms with Gasteiger partial charge >= 0.3 is 0 Å². The molecule has 0 aliphatic carbocycles. The average molecular weight is 254 g/mol. The van der Waals surface area contributed by atoms with Crippen molar-refractivity contribution in [2.24, 2.45) is 11.7 Å². The Balaban J connectivity index is 2.21. The second kappa shape index (κ2) is 5.41. The molecule has 1 fully saturated rings. The summed E-state index contributed by atoms with van der Waals surface area (Å²) in [6.07, 6.45) is 1.10. The maximum absolute atomic E-state index is 13.2. The molecule has 2 rings (SSSR count). The first-order valence-electron chi connectivity index (χ1n) is 5.84. The molecule has 2 atom stereocenters. The van der Waals surface area contributed by atoms with Crippen molar-refractivity contribution in [2.45, 2.75) is 18.9 Å². The van der Waals surface area contributed by atoms with Gasteiger partial charge < -0.3 is 10.5 Å². The summed E-state index contributed by atoms with van der Waals surface area (Å²) >= 11 is 0. The summed E-state index contributed by atoms with van der Waals surface area (Å²) in [5, 5.41) is 10.9. The van der Waals surface area contributed by atoms with E-state index >= 15 is 0 Å². The van der Waals surface area contributed by atoms with Gasteiger partial charge in [0.25, 0.3) is 5.69 Å². The molecule has 1 aliphatic rings. The van der Waals surface area contributed by atoms with E-state index in [9.17, 15) is 14.5 Å². The minimum absolute atomic E-state index is 0.000694. The third kappa shape index (κ3) is 2.83. The van der Waals surface area contributed by atoms with Crippen LogP contribution < -0.4 is 5.73 Å². The fourth-order valence-corrected chi connectivity index (χ4v) is 2.20. The summed E-state index contributed by atoms with van der Waals surface area (Å²) in [6, 6.07) is 3.44. The first kappa shape index (κ1) is 12.9. The molecule has 18 heavy (non-hydrogen) atoms. The number of nitro groups is 1. The van der Waals surface area contributed by atoms with Crippen molar-refractivity contribution in [1.29, 1.82) is 0 Å². The van der Waals surface area contributed by atoms with Crippen molar-refractivity contribution in [3.05, 3.63) is 39.7 Å². The lowest BCUT2D eigenvalue weighted by Gasteiger charge is -2.28. The van der Waals surface area contributed by atoms with Crippen LogP contribution in [-0.2, 0) is 11.2 Å². The van der Waals surface area contributed by atoms with Crippen LogP contribution in [0.5, 0.6) is 0 Å². The lowest BCUT2D eigenvalue weighted by Crippen LogP contribution is -2.39. The second-order valence-electron chi connectivity index (χ2n) is 4.52. The van der Waals surface area contributed by atoms with E-state index in [4.69, 9.17) is 10.5 Å². The highest BCUT2D eigenvalue weighted by Crippen LogP contribution is 2.25. The van der Waals surface area contributed by atoms with Gasteiger partial charge in [-0.1, -0.05) is 0 Å². The van der Waals surface area contributed by atoms with Crippen LogP contribution in [0.15, 0.2) is 18.2 Å². The van der Waals surface area contributed by atoms with Gasteiger partial charge in [-0.2, -0.15) is 0 Å². The Bertz CT molecular complexity index is 453. The Morgan fingerprint density at radius 2 is 2.33 bits per heavy atom. The maximum atomic E-state index is 13.2. The van der Waals surface area contributed by atoms with Gasteiger partial charge in [-0.3, -0.25) is 10.1 Å². The van der Waals surface area contributed by atoms with Crippen molar-refractivity contribution in [2.75, 3.05) is 13.2 Å². The first-order valence-corrected chi connectivity index (χ1v) is 5.84. The molecule has 1 heterocycles. The highest BCUT2D eigenvalue weighted by Gasteiger charge is 2.26. The third-order valence-electron chi connectivity index (χ3n) is 3.25. The Hall–Kier alpha value is -1.53. The molecule has 0 saturated carbocycles. The zero-order valence-corrected chi connectivity index (χ0v) is 9.84. The largest absolute Gasteiger partial charge is 0.381 e. The number of rotatable bonds is 3. The molecule has 0 radical (unpaired) electrons. The molecule has 98 valence electrons.